The van der Waals surface area contributed by atoms with Gasteiger partial charge in [-0.1, -0.05) is 24.6 Å². The van der Waals surface area contributed by atoms with E-state index in [1.165, 1.54) is 6.39 Å². The van der Waals surface area contributed by atoms with Crippen molar-refractivity contribution in [3.63, 3.8) is 0 Å². The molecule has 1 atom stereocenters. The normalized spacial score (nSPS) is 12.2. The van der Waals surface area contributed by atoms with E-state index in [0.717, 1.165) is 11.1 Å². The van der Waals surface area contributed by atoms with Crippen molar-refractivity contribution in [2.75, 3.05) is 0 Å². The Labute approximate surface area is 150 Å². The summed E-state index contributed by atoms with van der Waals surface area (Å²) in [7, 11) is 0. The molecule has 1 aromatic heterocycles. The van der Waals surface area contributed by atoms with Crippen LogP contribution in [0.5, 0.6) is 11.5 Å². The first-order chi connectivity index (χ1) is 12.0. The average Bonchev–Trinajstić information content (AvgIpc) is 3.12. The average molecular weight is 361 g/mol. The standard InChI is InChI=1S/C19H18ClFN2O2/c1-3-16(22)14-6-7-15(20)19(18(14)21)25-12-4-5-13(11(2)8-12)17-9-23-10-24-17/h4-10,16H,3,22H2,1-2H3/t16-/m1/s1. The molecule has 3 aromatic rings. The molecule has 25 heavy (non-hydrogen) atoms. The Morgan fingerprint density at radius 3 is 2.76 bits per heavy atom. The third-order valence-electron chi connectivity index (χ3n) is 4.03. The van der Waals surface area contributed by atoms with E-state index in [-0.39, 0.29) is 10.8 Å². The van der Waals surface area contributed by atoms with Crippen LogP contribution in [0.2, 0.25) is 5.02 Å². The Morgan fingerprint density at radius 1 is 1.32 bits per heavy atom. The number of hydrogen-bond acceptors (Lipinski definition) is 4. The summed E-state index contributed by atoms with van der Waals surface area (Å²) in [5.41, 5.74) is 8.13. The first-order valence-corrected chi connectivity index (χ1v) is 8.30. The molecule has 0 aliphatic rings. The second-order valence-electron chi connectivity index (χ2n) is 5.74. The Balaban J connectivity index is 1.94. The highest BCUT2D eigenvalue weighted by Crippen LogP contribution is 2.37. The zero-order valence-electron chi connectivity index (χ0n) is 13.9. The van der Waals surface area contributed by atoms with Crippen molar-refractivity contribution < 1.29 is 13.5 Å². The number of nitrogens with two attached hydrogens (primary N) is 1. The van der Waals surface area contributed by atoms with Gasteiger partial charge in [-0.3, -0.25) is 0 Å². The Morgan fingerprint density at radius 2 is 2.12 bits per heavy atom. The van der Waals surface area contributed by atoms with Crippen molar-refractivity contribution in [2.45, 2.75) is 26.3 Å². The van der Waals surface area contributed by atoms with Crippen LogP contribution in [0.3, 0.4) is 0 Å². The largest absolute Gasteiger partial charge is 0.453 e. The van der Waals surface area contributed by atoms with E-state index < -0.39 is 11.9 Å². The van der Waals surface area contributed by atoms with E-state index in [1.807, 2.05) is 19.9 Å². The third kappa shape index (κ3) is 3.52. The highest BCUT2D eigenvalue weighted by atomic mass is 35.5. The number of hydrogen-bond donors (Lipinski definition) is 1. The molecule has 4 nitrogen and oxygen atoms in total. The summed E-state index contributed by atoms with van der Waals surface area (Å²) in [6.45, 7) is 3.80. The van der Waals surface area contributed by atoms with Gasteiger partial charge in [0.05, 0.1) is 11.2 Å². The molecule has 0 spiro atoms. The number of halogens is 2. The molecular weight excluding hydrogens is 343 g/mol. The monoisotopic (exact) mass is 360 g/mol. The van der Waals surface area contributed by atoms with Gasteiger partial charge in [0.15, 0.2) is 23.7 Å². The molecule has 0 saturated carbocycles. The minimum atomic E-state index is -0.529. The highest BCUT2D eigenvalue weighted by molar-refractivity contribution is 6.32. The molecule has 2 N–H and O–H groups in total. The number of aryl methyl sites for hydroxylation is 1. The molecule has 0 fully saturated rings. The van der Waals surface area contributed by atoms with Crippen molar-refractivity contribution in [2.24, 2.45) is 5.73 Å². The number of ether oxygens (including phenoxy) is 1. The smallest absolute Gasteiger partial charge is 0.181 e. The molecule has 130 valence electrons. The lowest BCUT2D eigenvalue weighted by atomic mass is 10.0. The summed E-state index contributed by atoms with van der Waals surface area (Å²) in [5, 5.41) is 0.196. The maximum absolute atomic E-state index is 14.7. The highest BCUT2D eigenvalue weighted by Gasteiger charge is 2.18. The van der Waals surface area contributed by atoms with Crippen LogP contribution < -0.4 is 10.5 Å². The predicted octanol–water partition coefficient (Wildman–Crippen LogP) is 5.64. The van der Waals surface area contributed by atoms with Gasteiger partial charge in [-0.25, -0.2) is 9.37 Å². The van der Waals surface area contributed by atoms with E-state index >= 15 is 0 Å². The minimum Gasteiger partial charge on any atom is -0.453 e. The molecule has 0 bridgehead atoms. The van der Waals surface area contributed by atoms with Gasteiger partial charge >= 0.3 is 0 Å². The Bertz CT molecular complexity index is 881. The van der Waals surface area contributed by atoms with Gasteiger partial charge in [0, 0.05) is 17.2 Å². The van der Waals surface area contributed by atoms with Crippen LogP contribution in [0.25, 0.3) is 11.3 Å². The van der Waals surface area contributed by atoms with Gasteiger partial charge in [0.2, 0.25) is 0 Å². The van der Waals surface area contributed by atoms with E-state index in [1.54, 1.807) is 30.5 Å². The molecule has 3 rings (SSSR count). The predicted molar refractivity (Wildman–Crippen MR) is 95.4 cm³/mol. The van der Waals surface area contributed by atoms with Gasteiger partial charge in [-0.2, -0.15) is 0 Å². The lowest BCUT2D eigenvalue weighted by molar-refractivity contribution is 0.434. The minimum absolute atomic E-state index is 0.0186. The summed E-state index contributed by atoms with van der Waals surface area (Å²) in [6, 6.07) is 8.14. The van der Waals surface area contributed by atoms with Crippen LogP contribution in [-0.4, -0.2) is 4.98 Å². The Hall–Kier alpha value is -2.37. The number of rotatable bonds is 5. The second-order valence-corrected chi connectivity index (χ2v) is 6.15. The van der Waals surface area contributed by atoms with Gasteiger partial charge in [0.1, 0.15) is 5.75 Å². The van der Waals surface area contributed by atoms with Crippen LogP contribution in [0, 0.1) is 12.7 Å². The van der Waals surface area contributed by atoms with Gasteiger partial charge in [-0.15, -0.1) is 0 Å². The number of oxazole rings is 1. The topological polar surface area (TPSA) is 61.3 Å². The first kappa shape index (κ1) is 17.5. The fourth-order valence-electron chi connectivity index (χ4n) is 2.59. The number of aromatic nitrogens is 1. The lowest BCUT2D eigenvalue weighted by Crippen LogP contribution is -2.11. The molecule has 2 aromatic carbocycles. The lowest BCUT2D eigenvalue weighted by Gasteiger charge is -2.15. The fourth-order valence-corrected chi connectivity index (χ4v) is 2.77. The molecule has 0 radical (unpaired) electrons. The third-order valence-corrected chi connectivity index (χ3v) is 4.33. The molecule has 0 aliphatic heterocycles. The number of benzene rings is 2. The molecule has 0 amide bonds. The maximum atomic E-state index is 14.7. The Kier molecular flexibility index (Phi) is 5.06. The molecular formula is C19H18ClFN2O2. The zero-order valence-corrected chi connectivity index (χ0v) is 14.7. The van der Waals surface area contributed by atoms with Crippen molar-refractivity contribution in [1.29, 1.82) is 0 Å². The molecule has 0 aliphatic carbocycles. The number of nitrogens with zero attached hydrogens (tertiary/aromatic N) is 1. The fraction of sp³-hybridized carbons (Fsp3) is 0.211. The van der Waals surface area contributed by atoms with Crippen molar-refractivity contribution >= 4 is 11.6 Å². The molecule has 0 saturated heterocycles. The van der Waals surface area contributed by atoms with Crippen molar-refractivity contribution in [3.05, 3.63) is 64.9 Å². The molecule has 0 unspecified atom stereocenters. The first-order valence-electron chi connectivity index (χ1n) is 7.92. The zero-order chi connectivity index (χ0) is 18.0. The summed E-state index contributed by atoms with van der Waals surface area (Å²) in [4.78, 5) is 3.91. The van der Waals surface area contributed by atoms with Crippen molar-refractivity contribution in [1.82, 2.24) is 4.98 Å². The summed E-state index contributed by atoms with van der Waals surface area (Å²) in [5.74, 6) is 0.585. The van der Waals surface area contributed by atoms with Crippen molar-refractivity contribution in [3.8, 4) is 22.8 Å². The quantitative estimate of drug-likeness (QED) is 0.639. The van der Waals surface area contributed by atoms with Crippen LogP contribution in [0.1, 0.15) is 30.5 Å². The van der Waals surface area contributed by atoms with Crippen LogP contribution >= 0.6 is 11.6 Å². The van der Waals surface area contributed by atoms with E-state index in [9.17, 15) is 4.39 Å². The second kappa shape index (κ2) is 7.25. The van der Waals surface area contributed by atoms with Crippen LogP contribution in [-0.2, 0) is 0 Å². The maximum Gasteiger partial charge on any atom is 0.181 e. The molecule has 1 heterocycles. The van der Waals surface area contributed by atoms with Gasteiger partial charge < -0.3 is 14.9 Å². The van der Waals surface area contributed by atoms with E-state index in [2.05, 4.69) is 4.98 Å². The molecule has 6 heteroatoms. The van der Waals surface area contributed by atoms with Gasteiger partial charge in [0.25, 0.3) is 0 Å². The SMILES string of the molecule is CC[C@@H](N)c1ccc(Cl)c(Oc2ccc(-c3cnco3)c(C)c2)c1F. The van der Waals surface area contributed by atoms with Crippen LogP contribution in [0.15, 0.2) is 47.3 Å². The van der Waals surface area contributed by atoms with E-state index in [4.69, 9.17) is 26.5 Å². The summed E-state index contributed by atoms with van der Waals surface area (Å²) < 4.78 is 25.8. The summed E-state index contributed by atoms with van der Waals surface area (Å²) in [6.07, 6.45) is 3.62. The van der Waals surface area contributed by atoms with Crippen LogP contribution in [0.4, 0.5) is 4.39 Å². The van der Waals surface area contributed by atoms with Gasteiger partial charge in [-0.05, 0) is 43.2 Å². The summed E-state index contributed by atoms with van der Waals surface area (Å²) >= 11 is 6.12. The van der Waals surface area contributed by atoms with E-state index in [0.29, 0.717) is 23.5 Å².